The quantitative estimate of drug-likeness (QED) is 0.582. The van der Waals surface area contributed by atoms with Gasteiger partial charge in [0.15, 0.2) is 0 Å². The first-order chi connectivity index (χ1) is 14.6. The maximum absolute atomic E-state index is 12.8. The zero-order chi connectivity index (χ0) is 21.5. The van der Waals surface area contributed by atoms with Crippen LogP contribution in [0.5, 0.6) is 0 Å². The summed E-state index contributed by atoms with van der Waals surface area (Å²) in [4.78, 5) is 25.8. The summed E-state index contributed by atoms with van der Waals surface area (Å²) in [5, 5.41) is 9.62. The van der Waals surface area contributed by atoms with Crippen molar-refractivity contribution in [2.75, 3.05) is 26.4 Å². The van der Waals surface area contributed by atoms with Crippen LogP contribution < -0.4 is 0 Å². The first kappa shape index (κ1) is 21.8. The van der Waals surface area contributed by atoms with Gasteiger partial charge in [0.25, 0.3) is 0 Å². The van der Waals surface area contributed by atoms with Crippen molar-refractivity contribution in [1.29, 1.82) is 0 Å². The molecule has 1 aliphatic rings. The zero-order valence-corrected chi connectivity index (χ0v) is 17.5. The molecule has 6 nitrogen and oxygen atoms in total. The molecule has 0 saturated heterocycles. The minimum Gasteiger partial charge on any atom is -0.480 e. The van der Waals surface area contributed by atoms with Crippen molar-refractivity contribution < 1.29 is 24.2 Å². The number of likely N-dealkylation sites (N-methyl/N-ethyl adjacent to an activating group) is 1. The summed E-state index contributed by atoms with van der Waals surface area (Å²) in [6.45, 7) is 5.03. The Labute approximate surface area is 177 Å². The normalized spacial score (nSPS) is 13.4. The van der Waals surface area contributed by atoms with Crippen molar-refractivity contribution in [3.05, 3.63) is 59.7 Å². The van der Waals surface area contributed by atoms with Gasteiger partial charge in [-0.15, -0.1) is 0 Å². The van der Waals surface area contributed by atoms with E-state index in [9.17, 15) is 14.7 Å². The van der Waals surface area contributed by atoms with Crippen molar-refractivity contribution in [3.8, 4) is 11.1 Å². The molecule has 2 aromatic carbocycles. The van der Waals surface area contributed by atoms with E-state index in [1.165, 1.54) is 4.90 Å². The van der Waals surface area contributed by atoms with Gasteiger partial charge in [-0.2, -0.15) is 0 Å². The monoisotopic (exact) mass is 411 g/mol. The lowest BCUT2D eigenvalue weighted by molar-refractivity contribution is -0.143. The summed E-state index contributed by atoms with van der Waals surface area (Å²) >= 11 is 0. The number of carboxylic acids is 1. The van der Waals surface area contributed by atoms with Crippen LogP contribution in [0.3, 0.4) is 0 Å². The number of carboxylic acid groups (broad SMARTS) is 1. The number of fused-ring (bicyclic) bond motifs is 3. The van der Waals surface area contributed by atoms with Crippen molar-refractivity contribution in [2.24, 2.45) is 0 Å². The van der Waals surface area contributed by atoms with E-state index in [-0.39, 0.29) is 32.1 Å². The number of hydrogen-bond acceptors (Lipinski definition) is 4. The number of amides is 1. The highest BCUT2D eigenvalue weighted by Gasteiger charge is 2.32. The Morgan fingerprint density at radius 3 is 2.13 bits per heavy atom. The fourth-order valence-electron chi connectivity index (χ4n) is 4.01. The van der Waals surface area contributed by atoms with Crippen molar-refractivity contribution in [1.82, 2.24) is 4.90 Å². The first-order valence-corrected chi connectivity index (χ1v) is 10.5. The van der Waals surface area contributed by atoms with Gasteiger partial charge in [-0.3, -0.25) is 4.90 Å². The highest BCUT2D eigenvalue weighted by molar-refractivity contribution is 5.81. The summed E-state index contributed by atoms with van der Waals surface area (Å²) in [5.41, 5.74) is 4.55. The summed E-state index contributed by atoms with van der Waals surface area (Å²) < 4.78 is 11.0. The minimum atomic E-state index is -1.05. The van der Waals surface area contributed by atoms with Crippen LogP contribution in [0.4, 0.5) is 4.79 Å². The minimum absolute atomic E-state index is 0.0591. The van der Waals surface area contributed by atoms with Crippen molar-refractivity contribution >= 4 is 12.1 Å². The van der Waals surface area contributed by atoms with E-state index in [2.05, 4.69) is 24.3 Å². The maximum atomic E-state index is 12.8. The van der Waals surface area contributed by atoms with E-state index in [0.29, 0.717) is 6.61 Å². The van der Waals surface area contributed by atoms with E-state index >= 15 is 0 Å². The second-order valence-electron chi connectivity index (χ2n) is 7.35. The second kappa shape index (κ2) is 10.3. The molecule has 1 N–H and O–H groups in total. The van der Waals surface area contributed by atoms with E-state index in [1.54, 1.807) is 6.92 Å². The largest absolute Gasteiger partial charge is 0.480 e. The standard InChI is InChI=1S/C24H29NO5/c1-3-14-29-15-13-22(23(26)27)25(4-2)24(28)30-16-21-19-11-7-5-9-17(19)18-10-6-8-12-20(18)21/h5-12,21-22H,3-4,13-16H2,1-2H3,(H,26,27)/t22-/m0/s1. The Morgan fingerprint density at radius 2 is 1.60 bits per heavy atom. The van der Waals surface area contributed by atoms with Gasteiger partial charge in [-0.25, -0.2) is 9.59 Å². The number of aliphatic carboxylic acids is 1. The summed E-state index contributed by atoms with van der Waals surface area (Å²) in [7, 11) is 0. The van der Waals surface area contributed by atoms with Crippen LogP contribution in [0.15, 0.2) is 48.5 Å². The van der Waals surface area contributed by atoms with Gasteiger partial charge in [0.05, 0.1) is 0 Å². The van der Waals surface area contributed by atoms with Crippen LogP contribution in [0.25, 0.3) is 11.1 Å². The number of carbonyl (C=O) groups is 2. The van der Waals surface area contributed by atoms with Gasteiger partial charge in [0.2, 0.25) is 0 Å². The molecule has 1 amide bonds. The molecule has 0 saturated carbocycles. The molecule has 1 aliphatic carbocycles. The van der Waals surface area contributed by atoms with E-state index in [4.69, 9.17) is 9.47 Å². The number of carbonyl (C=O) groups excluding carboxylic acids is 1. The molecular weight excluding hydrogens is 382 g/mol. The molecule has 0 bridgehead atoms. The van der Waals surface area contributed by atoms with E-state index in [0.717, 1.165) is 28.7 Å². The van der Waals surface area contributed by atoms with Crippen LogP contribution >= 0.6 is 0 Å². The lowest BCUT2D eigenvalue weighted by Crippen LogP contribution is -2.46. The maximum Gasteiger partial charge on any atom is 0.410 e. The van der Waals surface area contributed by atoms with Gasteiger partial charge in [-0.05, 0) is 35.6 Å². The average Bonchev–Trinajstić information content (AvgIpc) is 3.08. The predicted molar refractivity (Wildman–Crippen MR) is 115 cm³/mol. The van der Waals surface area contributed by atoms with E-state index in [1.807, 2.05) is 31.2 Å². The zero-order valence-electron chi connectivity index (χ0n) is 17.5. The molecular formula is C24H29NO5. The van der Waals surface area contributed by atoms with Crippen LogP contribution in [0.1, 0.15) is 43.7 Å². The lowest BCUT2D eigenvalue weighted by atomic mass is 9.98. The van der Waals surface area contributed by atoms with Gasteiger partial charge >= 0.3 is 12.1 Å². The van der Waals surface area contributed by atoms with Crippen molar-refractivity contribution in [3.63, 3.8) is 0 Å². The van der Waals surface area contributed by atoms with Crippen LogP contribution in [0.2, 0.25) is 0 Å². The Balaban J connectivity index is 1.69. The smallest absolute Gasteiger partial charge is 0.410 e. The topological polar surface area (TPSA) is 76.1 Å². The number of nitrogens with zero attached hydrogens (tertiary/aromatic N) is 1. The predicted octanol–water partition coefficient (Wildman–Crippen LogP) is 4.53. The number of ether oxygens (including phenoxy) is 2. The van der Waals surface area contributed by atoms with Gasteiger partial charge < -0.3 is 14.6 Å². The fraction of sp³-hybridized carbons (Fsp3) is 0.417. The SMILES string of the molecule is CCCOCC[C@@H](C(=O)O)N(CC)C(=O)OCC1c2ccccc2-c2ccccc21. The summed E-state index contributed by atoms with van der Waals surface area (Å²) in [6, 6.07) is 15.2. The molecule has 0 radical (unpaired) electrons. The third-order valence-corrected chi connectivity index (χ3v) is 5.46. The molecule has 0 aliphatic heterocycles. The molecule has 0 aromatic heterocycles. The molecule has 0 heterocycles. The first-order valence-electron chi connectivity index (χ1n) is 10.5. The van der Waals surface area contributed by atoms with E-state index < -0.39 is 18.1 Å². The Hall–Kier alpha value is -2.86. The second-order valence-corrected chi connectivity index (χ2v) is 7.35. The molecule has 6 heteroatoms. The molecule has 0 fully saturated rings. The summed E-state index contributed by atoms with van der Waals surface area (Å²) in [5.74, 6) is -1.11. The number of hydrogen-bond donors (Lipinski definition) is 1. The van der Waals surface area contributed by atoms with Gasteiger partial charge in [-0.1, -0.05) is 55.5 Å². The molecule has 30 heavy (non-hydrogen) atoms. The van der Waals surface area contributed by atoms with Crippen LogP contribution in [-0.2, 0) is 14.3 Å². The van der Waals surface area contributed by atoms with Crippen molar-refractivity contribution in [2.45, 2.75) is 38.6 Å². The third kappa shape index (κ3) is 4.65. The Bertz CT molecular complexity index is 836. The molecule has 0 unspecified atom stereocenters. The Kier molecular flexibility index (Phi) is 7.46. The highest BCUT2D eigenvalue weighted by Crippen LogP contribution is 2.44. The van der Waals surface area contributed by atoms with Crippen LogP contribution in [0, 0.1) is 0 Å². The fourth-order valence-corrected chi connectivity index (χ4v) is 4.01. The van der Waals surface area contributed by atoms with Gasteiger partial charge in [0.1, 0.15) is 12.6 Å². The Morgan fingerprint density at radius 1 is 1.00 bits per heavy atom. The molecule has 2 aromatic rings. The summed E-state index contributed by atoms with van der Waals surface area (Å²) in [6.07, 6.45) is 0.483. The van der Waals surface area contributed by atoms with Crippen LogP contribution in [-0.4, -0.2) is 54.5 Å². The number of rotatable bonds is 10. The lowest BCUT2D eigenvalue weighted by Gasteiger charge is -2.27. The molecule has 160 valence electrons. The van der Waals surface area contributed by atoms with Gasteiger partial charge in [0, 0.05) is 32.1 Å². The molecule has 0 spiro atoms. The average molecular weight is 411 g/mol. The number of benzene rings is 2. The highest BCUT2D eigenvalue weighted by atomic mass is 16.6. The molecule has 1 atom stereocenters. The third-order valence-electron chi connectivity index (χ3n) is 5.46. The molecule has 3 rings (SSSR count).